The second-order valence-corrected chi connectivity index (χ2v) is 9.45. The fraction of sp³-hybridized carbons (Fsp3) is 0.241. The van der Waals surface area contributed by atoms with Gasteiger partial charge in [0.05, 0.1) is 24.5 Å². The van der Waals surface area contributed by atoms with Crippen molar-refractivity contribution in [3.8, 4) is 22.6 Å². The molecule has 178 valence electrons. The van der Waals surface area contributed by atoms with E-state index in [1.165, 1.54) is 12.8 Å². The maximum Gasteiger partial charge on any atom is 0.266 e. The van der Waals surface area contributed by atoms with Crippen molar-refractivity contribution < 1.29 is 9.47 Å². The highest BCUT2D eigenvalue weighted by Crippen LogP contribution is 2.36. The minimum atomic E-state index is -0.0970. The molecule has 6 heteroatoms. The van der Waals surface area contributed by atoms with Crippen molar-refractivity contribution in [3.05, 3.63) is 88.5 Å². The fourth-order valence-electron chi connectivity index (χ4n) is 4.55. The van der Waals surface area contributed by atoms with Gasteiger partial charge >= 0.3 is 0 Å². The van der Waals surface area contributed by atoms with E-state index >= 15 is 0 Å². The fourth-order valence-corrected chi connectivity index (χ4v) is 4.96. The van der Waals surface area contributed by atoms with Crippen molar-refractivity contribution in [2.75, 3.05) is 13.4 Å². The first-order chi connectivity index (χ1) is 17.2. The topological polar surface area (TPSA) is 52.8 Å². The molecule has 0 radical (unpaired) electrons. The predicted molar refractivity (Wildman–Crippen MR) is 143 cm³/mol. The standard InChI is InChI=1S/C29H28N2O3S/c1-33-25-11-7-8-21(28(25)34-22-9-3-4-10-22)15-18-24-27(20-13-16-23(35-2)17-14-20)29(32)31-19-6-5-12-26(31)30-24/h5-8,11-19,22H,3-4,9-10H2,1-2H3/b18-15+. The van der Waals surface area contributed by atoms with Gasteiger partial charge in [0.15, 0.2) is 11.5 Å². The highest BCUT2D eigenvalue weighted by Gasteiger charge is 2.20. The summed E-state index contributed by atoms with van der Waals surface area (Å²) in [4.78, 5) is 19.5. The van der Waals surface area contributed by atoms with Gasteiger partial charge in [0.2, 0.25) is 0 Å². The van der Waals surface area contributed by atoms with Crippen LogP contribution in [0.4, 0.5) is 0 Å². The van der Waals surface area contributed by atoms with Gasteiger partial charge in [0.25, 0.3) is 5.56 Å². The first-order valence-corrected chi connectivity index (χ1v) is 13.1. The molecule has 1 aliphatic carbocycles. The van der Waals surface area contributed by atoms with Crippen molar-refractivity contribution in [1.82, 2.24) is 9.38 Å². The van der Waals surface area contributed by atoms with E-state index in [0.717, 1.165) is 34.6 Å². The Labute approximate surface area is 209 Å². The number of pyridine rings is 1. The molecule has 5 rings (SSSR count). The summed E-state index contributed by atoms with van der Waals surface area (Å²) < 4.78 is 13.6. The summed E-state index contributed by atoms with van der Waals surface area (Å²) in [5.41, 5.74) is 3.43. The van der Waals surface area contributed by atoms with E-state index in [4.69, 9.17) is 14.5 Å². The van der Waals surface area contributed by atoms with Crippen LogP contribution < -0.4 is 15.0 Å². The summed E-state index contributed by atoms with van der Waals surface area (Å²) in [7, 11) is 1.66. The Hall–Kier alpha value is -3.51. The molecule has 35 heavy (non-hydrogen) atoms. The van der Waals surface area contributed by atoms with Crippen LogP contribution in [0.3, 0.4) is 0 Å². The molecule has 5 nitrogen and oxygen atoms in total. The molecule has 0 saturated heterocycles. The number of ether oxygens (including phenoxy) is 2. The quantitative estimate of drug-likeness (QED) is 0.277. The van der Waals surface area contributed by atoms with Crippen LogP contribution in [0.25, 0.3) is 28.9 Å². The maximum absolute atomic E-state index is 13.6. The summed E-state index contributed by atoms with van der Waals surface area (Å²) in [6, 6.07) is 19.5. The molecule has 1 fully saturated rings. The number of benzene rings is 2. The summed E-state index contributed by atoms with van der Waals surface area (Å²) in [6.45, 7) is 0. The summed E-state index contributed by atoms with van der Waals surface area (Å²) >= 11 is 1.67. The molecule has 0 aliphatic heterocycles. The van der Waals surface area contributed by atoms with Crippen molar-refractivity contribution in [2.45, 2.75) is 36.7 Å². The van der Waals surface area contributed by atoms with E-state index < -0.39 is 0 Å². The van der Waals surface area contributed by atoms with Gasteiger partial charge in [0, 0.05) is 16.7 Å². The Balaban J connectivity index is 1.62. The van der Waals surface area contributed by atoms with Crippen molar-refractivity contribution in [3.63, 3.8) is 0 Å². The molecule has 2 aromatic heterocycles. The number of rotatable bonds is 7. The van der Waals surface area contributed by atoms with Crippen LogP contribution in [0.15, 0.2) is 76.6 Å². The highest BCUT2D eigenvalue weighted by molar-refractivity contribution is 7.98. The van der Waals surface area contributed by atoms with Crippen molar-refractivity contribution in [2.24, 2.45) is 0 Å². The highest BCUT2D eigenvalue weighted by atomic mass is 32.2. The lowest BCUT2D eigenvalue weighted by molar-refractivity contribution is 0.200. The smallest absolute Gasteiger partial charge is 0.266 e. The Kier molecular flexibility index (Phi) is 6.91. The molecular weight excluding hydrogens is 456 g/mol. The second kappa shape index (κ2) is 10.4. The molecule has 2 aromatic carbocycles. The number of methoxy groups -OCH3 is 1. The number of nitrogens with zero attached hydrogens (tertiary/aromatic N) is 2. The van der Waals surface area contributed by atoms with Crippen molar-refractivity contribution in [1.29, 1.82) is 0 Å². The van der Waals surface area contributed by atoms with Crippen LogP contribution in [0.2, 0.25) is 0 Å². The zero-order valence-corrected chi connectivity index (χ0v) is 20.8. The van der Waals surface area contributed by atoms with Gasteiger partial charge in [-0.25, -0.2) is 4.98 Å². The lowest BCUT2D eigenvalue weighted by Crippen LogP contribution is -2.18. The lowest BCUT2D eigenvalue weighted by Gasteiger charge is -2.18. The predicted octanol–water partition coefficient (Wildman–Crippen LogP) is 6.58. The molecule has 0 atom stereocenters. The third kappa shape index (κ3) is 4.84. The first kappa shape index (κ1) is 23.2. The average molecular weight is 485 g/mol. The second-order valence-electron chi connectivity index (χ2n) is 8.57. The van der Waals surface area contributed by atoms with Crippen LogP contribution >= 0.6 is 11.8 Å². The van der Waals surface area contributed by atoms with Gasteiger partial charge in [-0.2, -0.15) is 0 Å². The Morgan fingerprint density at radius 1 is 1.00 bits per heavy atom. The zero-order chi connectivity index (χ0) is 24.2. The molecule has 0 bridgehead atoms. The van der Waals surface area contributed by atoms with Crippen LogP contribution in [0.1, 0.15) is 36.9 Å². The first-order valence-electron chi connectivity index (χ1n) is 11.9. The number of thioether (sulfide) groups is 1. The van der Waals surface area contributed by atoms with E-state index in [2.05, 4.69) is 0 Å². The minimum absolute atomic E-state index is 0.0970. The van der Waals surface area contributed by atoms with Crippen LogP contribution in [0, 0.1) is 0 Å². The zero-order valence-electron chi connectivity index (χ0n) is 19.9. The number of aromatic nitrogens is 2. The van der Waals surface area contributed by atoms with Gasteiger partial charge in [-0.15, -0.1) is 11.8 Å². The monoisotopic (exact) mass is 484 g/mol. The largest absolute Gasteiger partial charge is 0.493 e. The van der Waals surface area contributed by atoms with Crippen LogP contribution in [-0.4, -0.2) is 28.9 Å². The van der Waals surface area contributed by atoms with Gasteiger partial charge < -0.3 is 9.47 Å². The molecule has 4 aromatic rings. The third-order valence-electron chi connectivity index (χ3n) is 6.38. The molecule has 1 aliphatic rings. The lowest BCUT2D eigenvalue weighted by atomic mass is 10.0. The molecule has 0 unspecified atom stereocenters. The van der Waals surface area contributed by atoms with E-state index in [9.17, 15) is 4.79 Å². The molecule has 0 amide bonds. The molecule has 2 heterocycles. The third-order valence-corrected chi connectivity index (χ3v) is 7.12. The van der Waals surface area contributed by atoms with E-state index in [0.29, 0.717) is 22.7 Å². The van der Waals surface area contributed by atoms with E-state index in [-0.39, 0.29) is 11.7 Å². The van der Waals surface area contributed by atoms with E-state index in [1.54, 1.807) is 29.5 Å². The maximum atomic E-state index is 13.6. The number of hydrogen-bond donors (Lipinski definition) is 0. The SMILES string of the molecule is COc1cccc(/C=C/c2nc3ccccn3c(=O)c2-c2ccc(SC)cc2)c1OC1CCCC1. The van der Waals surface area contributed by atoms with Crippen LogP contribution in [-0.2, 0) is 0 Å². The summed E-state index contributed by atoms with van der Waals surface area (Å²) in [5.74, 6) is 1.44. The normalized spacial score (nSPS) is 14.1. The molecule has 0 N–H and O–H groups in total. The number of hydrogen-bond acceptors (Lipinski definition) is 5. The van der Waals surface area contributed by atoms with E-state index in [1.807, 2.05) is 79.1 Å². The summed E-state index contributed by atoms with van der Waals surface area (Å²) in [6.07, 6.45) is 12.4. The molecule has 0 spiro atoms. The number of para-hydroxylation sites is 1. The molecular formula is C29H28N2O3S. The molecule has 1 saturated carbocycles. The Bertz CT molecular complexity index is 1420. The van der Waals surface area contributed by atoms with Gasteiger partial charge in [-0.05, 0) is 80.0 Å². The summed E-state index contributed by atoms with van der Waals surface area (Å²) in [5, 5.41) is 0. The van der Waals surface area contributed by atoms with Gasteiger partial charge in [0.1, 0.15) is 5.65 Å². The van der Waals surface area contributed by atoms with Crippen LogP contribution in [0.5, 0.6) is 11.5 Å². The Morgan fingerprint density at radius 3 is 2.54 bits per heavy atom. The average Bonchev–Trinajstić information content (AvgIpc) is 3.41. The minimum Gasteiger partial charge on any atom is -0.493 e. The van der Waals surface area contributed by atoms with Gasteiger partial charge in [-0.3, -0.25) is 9.20 Å². The number of fused-ring (bicyclic) bond motifs is 1. The Morgan fingerprint density at radius 2 is 1.80 bits per heavy atom. The van der Waals surface area contributed by atoms with Crippen molar-refractivity contribution >= 4 is 29.6 Å². The van der Waals surface area contributed by atoms with Gasteiger partial charge in [-0.1, -0.05) is 30.3 Å².